The minimum Gasteiger partial charge on any atom is -0.420 e. The van der Waals surface area contributed by atoms with Crippen LogP contribution in [0.25, 0.3) is 28.2 Å². The van der Waals surface area contributed by atoms with E-state index in [1.807, 2.05) is 28.8 Å². The Balaban J connectivity index is 1.54. The van der Waals surface area contributed by atoms with Gasteiger partial charge in [0.1, 0.15) is 11.5 Å². The van der Waals surface area contributed by atoms with Crippen molar-refractivity contribution in [2.45, 2.75) is 31.8 Å². The van der Waals surface area contributed by atoms with Gasteiger partial charge in [-0.05, 0) is 48.7 Å². The molecule has 3 N–H and O–H groups in total. The van der Waals surface area contributed by atoms with Crippen molar-refractivity contribution in [2.24, 2.45) is 5.73 Å². The van der Waals surface area contributed by atoms with Crippen LogP contribution in [-0.4, -0.2) is 26.2 Å². The van der Waals surface area contributed by atoms with Gasteiger partial charge in [0, 0.05) is 24.5 Å². The van der Waals surface area contributed by atoms with E-state index in [2.05, 4.69) is 15.5 Å². The molecule has 7 nitrogen and oxygen atoms in total. The van der Waals surface area contributed by atoms with Crippen molar-refractivity contribution >= 4 is 28.4 Å². The summed E-state index contributed by atoms with van der Waals surface area (Å²) in [6.07, 6.45) is 1.44. The van der Waals surface area contributed by atoms with Crippen LogP contribution >= 0.6 is 11.6 Å². The smallest absolute Gasteiger partial charge is 0.266 e. The average molecular weight is 440 g/mol. The molecular formula is C22H19ClFN5O2. The van der Waals surface area contributed by atoms with Crippen LogP contribution in [0.15, 0.2) is 46.9 Å². The Hall–Kier alpha value is -3.23. The van der Waals surface area contributed by atoms with Gasteiger partial charge < -0.3 is 20.0 Å². The predicted molar refractivity (Wildman–Crippen MR) is 114 cm³/mol. The van der Waals surface area contributed by atoms with Crippen molar-refractivity contribution in [1.82, 2.24) is 20.1 Å². The van der Waals surface area contributed by atoms with Gasteiger partial charge in [0.05, 0.1) is 16.1 Å². The summed E-state index contributed by atoms with van der Waals surface area (Å²) in [5.41, 5.74) is 8.11. The number of aryl methyl sites for hydroxylation is 1. The number of nitrogens with one attached hydrogen (secondary N) is 1. The normalized spacial score (nSPS) is 14.7. The fourth-order valence-corrected chi connectivity index (χ4v) is 3.87. The molecule has 0 spiro atoms. The molecule has 2 heterocycles. The van der Waals surface area contributed by atoms with E-state index < -0.39 is 5.54 Å². The van der Waals surface area contributed by atoms with E-state index >= 15 is 0 Å². The number of aromatic nitrogens is 3. The van der Waals surface area contributed by atoms with E-state index in [9.17, 15) is 9.18 Å². The first-order chi connectivity index (χ1) is 14.9. The summed E-state index contributed by atoms with van der Waals surface area (Å²) in [6.45, 7) is 2.07. The first-order valence-corrected chi connectivity index (χ1v) is 10.2. The SMILES string of the molecule is Cc1nnc(-c2c(Cl)c3cc(F)ccc3n2-c2ccc(CNC(=O)C3(N)CC3)cc2)o1. The molecule has 9 heteroatoms. The zero-order valence-electron chi connectivity index (χ0n) is 16.7. The van der Waals surface area contributed by atoms with E-state index in [1.165, 1.54) is 12.1 Å². The summed E-state index contributed by atoms with van der Waals surface area (Å²) in [5, 5.41) is 11.7. The molecule has 0 radical (unpaired) electrons. The summed E-state index contributed by atoms with van der Waals surface area (Å²) < 4.78 is 21.4. The average Bonchev–Trinajstić information content (AvgIpc) is 3.27. The maximum Gasteiger partial charge on any atom is 0.266 e. The topological polar surface area (TPSA) is 99.0 Å². The fraction of sp³-hybridized carbons (Fsp3) is 0.227. The fourth-order valence-electron chi connectivity index (χ4n) is 3.56. The van der Waals surface area contributed by atoms with Gasteiger partial charge in [-0.2, -0.15) is 0 Å². The number of nitrogens with zero attached hydrogens (tertiary/aromatic N) is 3. The second-order valence-electron chi connectivity index (χ2n) is 7.79. The van der Waals surface area contributed by atoms with Crippen molar-refractivity contribution in [3.63, 3.8) is 0 Å². The molecule has 2 aromatic carbocycles. The number of halogens is 2. The highest BCUT2D eigenvalue weighted by molar-refractivity contribution is 6.38. The van der Waals surface area contributed by atoms with E-state index in [0.717, 1.165) is 24.1 Å². The predicted octanol–water partition coefficient (Wildman–Crippen LogP) is 3.89. The number of carbonyl (C=O) groups is 1. The summed E-state index contributed by atoms with van der Waals surface area (Å²) in [6, 6.07) is 12.0. The van der Waals surface area contributed by atoms with Crippen LogP contribution < -0.4 is 11.1 Å². The molecule has 158 valence electrons. The first kappa shape index (κ1) is 19.7. The molecular weight excluding hydrogens is 421 g/mol. The summed E-state index contributed by atoms with van der Waals surface area (Å²) >= 11 is 6.62. The van der Waals surface area contributed by atoms with Crippen LogP contribution in [0.4, 0.5) is 4.39 Å². The molecule has 1 saturated carbocycles. The number of hydrogen-bond donors (Lipinski definition) is 2. The number of fused-ring (bicyclic) bond motifs is 1. The monoisotopic (exact) mass is 439 g/mol. The second kappa shape index (κ2) is 7.18. The van der Waals surface area contributed by atoms with Crippen LogP contribution in [0.2, 0.25) is 5.02 Å². The molecule has 1 aliphatic carbocycles. The molecule has 0 saturated heterocycles. The number of benzene rings is 2. The maximum absolute atomic E-state index is 13.9. The third kappa shape index (κ3) is 3.47. The standard InChI is InChI=1S/C22H19ClFN5O2/c1-12-27-28-20(31-12)19-18(23)16-10-14(24)4-7-17(16)29(19)15-5-2-13(3-6-15)11-26-21(30)22(25)8-9-22/h2-7,10H,8-9,11,25H2,1H3,(H,26,30). The molecule has 4 aromatic rings. The Bertz CT molecular complexity index is 1310. The molecule has 0 unspecified atom stereocenters. The number of nitrogens with two attached hydrogens (primary N) is 1. The van der Waals surface area contributed by atoms with E-state index in [0.29, 0.717) is 34.1 Å². The maximum atomic E-state index is 13.9. The molecule has 1 aliphatic rings. The molecule has 0 atom stereocenters. The van der Waals surface area contributed by atoms with Crippen LogP contribution in [0.3, 0.4) is 0 Å². The Labute approximate surface area is 182 Å². The zero-order valence-corrected chi connectivity index (χ0v) is 17.4. The van der Waals surface area contributed by atoms with Crippen LogP contribution in [-0.2, 0) is 11.3 Å². The zero-order chi connectivity index (χ0) is 21.8. The van der Waals surface area contributed by atoms with Gasteiger partial charge >= 0.3 is 0 Å². The van der Waals surface area contributed by atoms with Crippen molar-refractivity contribution in [1.29, 1.82) is 0 Å². The quantitative estimate of drug-likeness (QED) is 0.491. The molecule has 1 amide bonds. The lowest BCUT2D eigenvalue weighted by atomic mass is 10.2. The molecule has 0 aliphatic heterocycles. The largest absolute Gasteiger partial charge is 0.420 e. The van der Waals surface area contributed by atoms with Crippen LogP contribution in [0.5, 0.6) is 0 Å². The van der Waals surface area contributed by atoms with Crippen molar-refractivity contribution < 1.29 is 13.6 Å². The van der Waals surface area contributed by atoms with Gasteiger partial charge in [0.25, 0.3) is 5.89 Å². The summed E-state index contributed by atoms with van der Waals surface area (Å²) in [4.78, 5) is 12.1. The minimum absolute atomic E-state index is 0.129. The first-order valence-electron chi connectivity index (χ1n) is 9.82. The van der Waals surface area contributed by atoms with E-state index in [-0.39, 0.29) is 17.6 Å². The Morgan fingerprint density at radius 1 is 1.26 bits per heavy atom. The summed E-state index contributed by atoms with van der Waals surface area (Å²) in [5.74, 6) is 0.122. The van der Waals surface area contributed by atoms with Crippen LogP contribution in [0.1, 0.15) is 24.3 Å². The number of hydrogen-bond acceptors (Lipinski definition) is 5. The highest BCUT2D eigenvalue weighted by atomic mass is 35.5. The van der Waals surface area contributed by atoms with Gasteiger partial charge in [-0.3, -0.25) is 4.79 Å². The number of amides is 1. The lowest BCUT2D eigenvalue weighted by molar-refractivity contribution is -0.123. The molecule has 5 rings (SSSR count). The third-order valence-corrected chi connectivity index (χ3v) is 5.87. The lowest BCUT2D eigenvalue weighted by Gasteiger charge is -2.12. The van der Waals surface area contributed by atoms with Crippen LogP contribution in [0, 0.1) is 12.7 Å². The van der Waals surface area contributed by atoms with E-state index in [4.69, 9.17) is 21.8 Å². The Morgan fingerprint density at radius 2 is 2.00 bits per heavy atom. The van der Waals surface area contributed by atoms with Crippen molar-refractivity contribution in [3.8, 4) is 17.3 Å². The number of rotatable bonds is 5. The second-order valence-corrected chi connectivity index (χ2v) is 8.17. The van der Waals surface area contributed by atoms with Crippen molar-refractivity contribution in [2.75, 3.05) is 0 Å². The molecule has 31 heavy (non-hydrogen) atoms. The van der Waals surface area contributed by atoms with Crippen molar-refractivity contribution in [3.05, 3.63) is 64.8 Å². The Kier molecular flexibility index (Phi) is 4.56. The highest BCUT2D eigenvalue weighted by Gasteiger charge is 2.45. The number of carbonyl (C=O) groups excluding carboxylic acids is 1. The van der Waals surface area contributed by atoms with Gasteiger partial charge in [0.15, 0.2) is 0 Å². The van der Waals surface area contributed by atoms with Gasteiger partial charge in [0.2, 0.25) is 11.8 Å². The third-order valence-electron chi connectivity index (χ3n) is 5.48. The molecule has 2 aromatic heterocycles. The lowest BCUT2D eigenvalue weighted by Crippen LogP contribution is -2.42. The Morgan fingerprint density at radius 3 is 2.65 bits per heavy atom. The highest BCUT2D eigenvalue weighted by Crippen LogP contribution is 2.39. The van der Waals surface area contributed by atoms with Gasteiger partial charge in [-0.25, -0.2) is 4.39 Å². The molecule has 1 fully saturated rings. The molecule has 0 bridgehead atoms. The summed E-state index contributed by atoms with van der Waals surface area (Å²) in [7, 11) is 0. The minimum atomic E-state index is -0.701. The van der Waals surface area contributed by atoms with E-state index in [1.54, 1.807) is 13.0 Å². The van der Waals surface area contributed by atoms with Gasteiger partial charge in [-0.15, -0.1) is 10.2 Å². The van der Waals surface area contributed by atoms with Gasteiger partial charge in [-0.1, -0.05) is 23.7 Å².